The molecule has 21 heavy (non-hydrogen) atoms. The van der Waals surface area contributed by atoms with Crippen LogP contribution < -0.4 is 10.5 Å². The minimum Gasteiger partial charge on any atom is -0.497 e. The van der Waals surface area contributed by atoms with Gasteiger partial charge in [-0.2, -0.15) is 0 Å². The molecule has 0 aliphatic carbocycles. The molecule has 0 spiro atoms. The van der Waals surface area contributed by atoms with Gasteiger partial charge in [-0.25, -0.2) is 0 Å². The minimum atomic E-state index is 0.000546. The molecule has 1 saturated heterocycles. The van der Waals surface area contributed by atoms with Crippen molar-refractivity contribution in [2.45, 2.75) is 44.7 Å². The van der Waals surface area contributed by atoms with E-state index < -0.39 is 0 Å². The van der Waals surface area contributed by atoms with Gasteiger partial charge in [0.1, 0.15) is 5.75 Å². The van der Waals surface area contributed by atoms with Crippen LogP contribution in [0.3, 0.4) is 0 Å². The quantitative estimate of drug-likeness (QED) is 0.930. The van der Waals surface area contributed by atoms with E-state index in [0.29, 0.717) is 17.2 Å². The molecule has 4 nitrogen and oxygen atoms in total. The van der Waals surface area contributed by atoms with Crippen LogP contribution in [-0.2, 0) is 11.2 Å². The lowest BCUT2D eigenvalue weighted by Crippen LogP contribution is -2.52. The van der Waals surface area contributed by atoms with Crippen LogP contribution in [0, 0.1) is 0 Å². The van der Waals surface area contributed by atoms with Crippen molar-refractivity contribution in [1.82, 2.24) is 4.90 Å². The molecule has 1 aromatic rings. The number of ether oxygens (including phenoxy) is 1. The Balaban J connectivity index is 2.09. The highest BCUT2D eigenvalue weighted by Gasteiger charge is 2.29. The molecule has 2 N–H and O–H groups in total. The Morgan fingerprint density at radius 2 is 2.29 bits per heavy atom. The van der Waals surface area contributed by atoms with E-state index in [4.69, 9.17) is 22.1 Å². The van der Waals surface area contributed by atoms with Gasteiger partial charge in [0.2, 0.25) is 5.91 Å². The Morgan fingerprint density at radius 3 is 2.90 bits per heavy atom. The predicted octanol–water partition coefficient (Wildman–Crippen LogP) is 2.62. The Labute approximate surface area is 131 Å². The summed E-state index contributed by atoms with van der Waals surface area (Å²) in [5, 5.41) is 0.567. The number of hydrogen-bond acceptors (Lipinski definition) is 3. The highest BCUT2D eigenvalue weighted by Crippen LogP contribution is 2.25. The number of hydrogen-bond donors (Lipinski definition) is 1. The van der Waals surface area contributed by atoms with E-state index in [1.807, 2.05) is 24.0 Å². The lowest BCUT2D eigenvalue weighted by Gasteiger charge is -2.38. The Bertz CT molecular complexity index is 505. The number of nitrogens with zero attached hydrogens (tertiary/aromatic N) is 1. The number of nitrogens with two attached hydrogens (primary N) is 1. The van der Waals surface area contributed by atoms with Gasteiger partial charge in [-0.1, -0.05) is 17.7 Å². The van der Waals surface area contributed by atoms with Crippen LogP contribution in [0.15, 0.2) is 18.2 Å². The van der Waals surface area contributed by atoms with E-state index >= 15 is 0 Å². The first-order valence-electron chi connectivity index (χ1n) is 7.40. The average molecular weight is 311 g/mol. The summed E-state index contributed by atoms with van der Waals surface area (Å²) in [7, 11) is 1.59. The third-order valence-corrected chi connectivity index (χ3v) is 4.43. The van der Waals surface area contributed by atoms with E-state index in [-0.39, 0.29) is 18.0 Å². The van der Waals surface area contributed by atoms with Gasteiger partial charge >= 0.3 is 0 Å². The first kappa shape index (κ1) is 16.1. The van der Waals surface area contributed by atoms with Gasteiger partial charge in [0.15, 0.2) is 0 Å². The molecule has 2 atom stereocenters. The topological polar surface area (TPSA) is 55.6 Å². The predicted molar refractivity (Wildman–Crippen MR) is 84.7 cm³/mol. The monoisotopic (exact) mass is 310 g/mol. The molecule has 1 aliphatic heterocycles. The van der Waals surface area contributed by atoms with Gasteiger partial charge < -0.3 is 15.4 Å². The highest BCUT2D eigenvalue weighted by molar-refractivity contribution is 6.31. The van der Waals surface area contributed by atoms with E-state index in [0.717, 1.165) is 31.4 Å². The second-order valence-electron chi connectivity index (χ2n) is 5.64. The highest BCUT2D eigenvalue weighted by atomic mass is 35.5. The van der Waals surface area contributed by atoms with Crippen LogP contribution >= 0.6 is 11.6 Å². The van der Waals surface area contributed by atoms with Gasteiger partial charge in [-0.15, -0.1) is 0 Å². The molecule has 0 radical (unpaired) electrons. The van der Waals surface area contributed by atoms with Crippen LogP contribution in [-0.4, -0.2) is 36.5 Å². The number of carbonyl (C=O) groups excluding carboxylic acids is 1. The van der Waals surface area contributed by atoms with E-state index in [9.17, 15) is 4.79 Å². The van der Waals surface area contributed by atoms with Crippen molar-refractivity contribution in [2.24, 2.45) is 5.73 Å². The zero-order valence-electron chi connectivity index (χ0n) is 12.6. The maximum Gasteiger partial charge on any atom is 0.227 e. The summed E-state index contributed by atoms with van der Waals surface area (Å²) in [4.78, 5) is 14.5. The molecule has 0 bridgehead atoms. The standard InChI is InChI=1S/C16H23ClN2O2/c1-11(18)15-5-3-4-8-19(15)16(20)9-12-6-7-13(21-2)10-14(12)17/h6-7,10-11,15H,3-5,8-9,18H2,1-2H3/t11-,15+/m1/s1. The van der Waals surface area contributed by atoms with E-state index in [2.05, 4.69) is 0 Å². The zero-order chi connectivity index (χ0) is 15.4. The third kappa shape index (κ3) is 3.89. The van der Waals surface area contributed by atoms with Crippen LogP contribution in [0.2, 0.25) is 5.02 Å². The van der Waals surface area contributed by atoms with Crippen LogP contribution in [0.1, 0.15) is 31.7 Å². The van der Waals surface area contributed by atoms with Crippen molar-refractivity contribution in [2.75, 3.05) is 13.7 Å². The number of rotatable bonds is 4. The summed E-state index contributed by atoms with van der Waals surface area (Å²) in [5.74, 6) is 0.798. The second-order valence-corrected chi connectivity index (χ2v) is 6.05. The molecule has 1 aliphatic rings. The van der Waals surface area contributed by atoms with Crippen molar-refractivity contribution in [1.29, 1.82) is 0 Å². The number of piperidine rings is 1. The van der Waals surface area contributed by atoms with Crippen molar-refractivity contribution in [3.8, 4) is 5.75 Å². The summed E-state index contributed by atoms with van der Waals surface area (Å²) in [6.07, 6.45) is 3.48. The molecule has 0 saturated carbocycles. The maximum absolute atomic E-state index is 12.6. The van der Waals surface area contributed by atoms with Gasteiger partial charge in [-0.3, -0.25) is 4.79 Å². The van der Waals surface area contributed by atoms with Gasteiger partial charge in [0.25, 0.3) is 0 Å². The summed E-state index contributed by atoms with van der Waals surface area (Å²) in [6, 6.07) is 5.56. The fourth-order valence-electron chi connectivity index (χ4n) is 2.88. The summed E-state index contributed by atoms with van der Waals surface area (Å²) >= 11 is 6.21. The number of halogens is 1. The van der Waals surface area contributed by atoms with Crippen molar-refractivity contribution in [3.05, 3.63) is 28.8 Å². The fraction of sp³-hybridized carbons (Fsp3) is 0.562. The lowest BCUT2D eigenvalue weighted by molar-refractivity contribution is -0.134. The van der Waals surface area contributed by atoms with Gasteiger partial charge in [-0.05, 0) is 43.9 Å². The molecule has 0 unspecified atom stereocenters. The van der Waals surface area contributed by atoms with Gasteiger partial charge in [0.05, 0.1) is 13.5 Å². The summed E-state index contributed by atoms with van der Waals surface area (Å²) in [6.45, 7) is 2.76. The van der Waals surface area contributed by atoms with E-state index in [1.165, 1.54) is 0 Å². The molecule has 1 amide bonds. The fourth-order valence-corrected chi connectivity index (χ4v) is 3.11. The first-order valence-corrected chi connectivity index (χ1v) is 7.78. The Kier molecular flexibility index (Phi) is 5.48. The molecule has 1 aromatic carbocycles. The van der Waals surface area contributed by atoms with Crippen LogP contribution in [0.4, 0.5) is 0 Å². The number of benzene rings is 1. The summed E-state index contributed by atoms with van der Waals surface area (Å²) < 4.78 is 5.12. The molecular weight excluding hydrogens is 288 g/mol. The van der Waals surface area contributed by atoms with Crippen molar-refractivity contribution < 1.29 is 9.53 Å². The molecule has 1 heterocycles. The average Bonchev–Trinajstić information content (AvgIpc) is 2.49. The van der Waals surface area contributed by atoms with Crippen molar-refractivity contribution in [3.63, 3.8) is 0 Å². The largest absolute Gasteiger partial charge is 0.497 e. The second kappa shape index (κ2) is 7.14. The van der Waals surface area contributed by atoms with Gasteiger partial charge in [0, 0.05) is 23.7 Å². The normalized spacial score (nSPS) is 20.2. The molecular formula is C16H23ClN2O2. The smallest absolute Gasteiger partial charge is 0.227 e. The lowest BCUT2D eigenvalue weighted by atomic mass is 9.96. The SMILES string of the molecule is COc1ccc(CC(=O)N2CCCC[C@H]2[C@@H](C)N)c(Cl)c1. The Morgan fingerprint density at radius 1 is 1.52 bits per heavy atom. The summed E-state index contributed by atoms with van der Waals surface area (Å²) in [5.41, 5.74) is 6.85. The molecule has 0 aromatic heterocycles. The molecule has 116 valence electrons. The van der Waals surface area contributed by atoms with E-state index in [1.54, 1.807) is 13.2 Å². The Hall–Kier alpha value is -1.26. The number of likely N-dealkylation sites (tertiary alicyclic amines) is 1. The number of methoxy groups -OCH3 is 1. The minimum absolute atomic E-state index is 0.000546. The molecule has 2 rings (SSSR count). The van der Waals surface area contributed by atoms with Crippen LogP contribution in [0.25, 0.3) is 0 Å². The molecule has 1 fully saturated rings. The number of carbonyl (C=O) groups is 1. The maximum atomic E-state index is 12.6. The van der Waals surface area contributed by atoms with Crippen LogP contribution in [0.5, 0.6) is 5.75 Å². The zero-order valence-corrected chi connectivity index (χ0v) is 13.4. The third-order valence-electron chi connectivity index (χ3n) is 4.08. The molecule has 5 heteroatoms. The van der Waals surface area contributed by atoms with Crippen molar-refractivity contribution >= 4 is 17.5 Å². The number of amides is 1. The first-order chi connectivity index (χ1) is 10.0.